The molecule has 0 spiro atoms. The van der Waals surface area contributed by atoms with Gasteiger partial charge in [0, 0.05) is 12.2 Å². The Morgan fingerprint density at radius 2 is 1.70 bits per heavy atom. The standard InChI is InChI=1S/C22H26N2O6/c1-2-29-16-7-5-15(6-8-16)23-17(25)12-30-18(26)9-10-24-21(27)19-13-3-4-14(11-13)20(19)22(24)28/h5-8,13-14,19-20H,2-4,9-12H2,1H3,(H,23,25)/t13-,14-,19+,20+/m0/s1. The van der Waals surface area contributed by atoms with Gasteiger partial charge in [-0.15, -0.1) is 0 Å². The second-order valence-electron chi connectivity index (χ2n) is 8.13. The SMILES string of the molecule is CCOc1ccc(NC(=O)COC(=O)CCN2C(=O)[C@@H]3[C@H]4CC[C@@H](C4)[C@H]3C2=O)cc1. The van der Waals surface area contributed by atoms with Crippen molar-refractivity contribution >= 4 is 29.4 Å². The maximum Gasteiger partial charge on any atom is 0.308 e. The Balaban J connectivity index is 1.20. The number of nitrogens with one attached hydrogen (secondary N) is 1. The Bertz CT molecular complexity index is 824. The number of rotatable bonds is 8. The van der Waals surface area contributed by atoms with Gasteiger partial charge in [0.25, 0.3) is 5.91 Å². The number of carbonyl (C=O) groups excluding carboxylic acids is 4. The van der Waals surface area contributed by atoms with E-state index < -0.39 is 18.5 Å². The van der Waals surface area contributed by atoms with E-state index in [1.807, 2.05) is 6.92 Å². The number of likely N-dealkylation sites (tertiary alicyclic amines) is 1. The van der Waals surface area contributed by atoms with Crippen molar-refractivity contribution in [3.63, 3.8) is 0 Å². The van der Waals surface area contributed by atoms with Gasteiger partial charge in [-0.2, -0.15) is 0 Å². The van der Waals surface area contributed by atoms with Crippen LogP contribution in [0.1, 0.15) is 32.6 Å². The topological polar surface area (TPSA) is 102 Å². The van der Waals surface area contributed by atoms with Crippen LogP contribution in [0, 0.1) is 23.7 Å². The van der Waals surface area contributed by atoms with Gasteiger partial charge in [0.05, 0.1) is 24.9 Å². The summed E-state index contributed by atoms with van der Waals surface area (Å²) in [4.78, 5) is 50.4. The molecule has 1 aromatic rings. The summed E-state index contributed by atoms with van der Waals surface area (Å²) < 4.78 is 10.3. The fraction of sp³-hybridized carbons (Fsp3) is 0.545. The van der Waals surface area contributed by atoms with Crippen molar-refractivity contribution in [3.05, 3.63) is 24.3 Å². The van der Waals surface area contributed by atoms with Gasteiger partial charge in [-0.3, -0.25) is 24.1 Å². The minimum absolute atomic E-state index is 0.0173. The Labute approximate surface area is 174 Å². The van der Waals surface area contributed by atoms with E-state index in [2.05, 4.69) is 5.32 Å². The summed E-state index contributed by atoms with van der Waals surface area (Å²) in [5.74, 6) is -0.398. The average molecular weight is 414 g/mol. The molecule has 8 nitrogen and oxygen atoms in total. The number of fused-ring (bicyclic) bond motifs is 5. The van der Waals surface area contributed by atoms with Gasteiger partial charge < -0.3 is 14.8 Å². The third-order valence-electron chi connectivity index (χ3n) is 6.37. The molecule has 2 aliphatic carbocycles. The highest BCUT2D eigenvalue weighted by Crippen LogP contribution is 2.56. The predicted octanol–water partition coefficient (Wildman–Crippen LogP) is 1.99. The Morgan fingerprint density at radius 1 is 1.07 bits per heavy atom. The second-order valence-corrected chi connectivity index (χ2v) is 8.13. The van der Waals surface area contributed by atoms with Crippen molar-refractivity contribution in [2.45, 2.75) is 32.6 Å². The molecule has 4 rings (SSSR count). The lowest BCUT2D eigenvalue weighted by Gasteiger charge is -2.19. The number of anilines is 1. The van der Waals surface area contributed by atoms with Crippen molar-refractivity contribution in [2.75, 3.05) is 25.1 Å². The molecule has 0 radical (unpaired) electrons. The van der Waals surface area contributed by atoms with E-state index in [-0.39, 0.29) is 36.6 Å². The lowest BCUT2D eigenvalue weighted by molar-refractivity contribution is -0.149. The van der Waals surface area contributed by atoms with E-state index in [0.29, 0.717) is 29.9 Å². The first-order chi connectivity index (χ1) is 14.5. The van der Waals surface area contributed by atoms with Gasteiger partial charge in [0.15, 0.2) is 6.61 Å². The molecule has 1 N–H and O–H groups in total. The first-order valence-corrected chi connectivity index (χ1v) is 10.5. The lowest BCUT2D eigenvalue weighted by Crippen LogP contribution is -2.35. The number of carbonyl (C=O) groups is 4. The van der Waals surface area contributed by atoms with E-state index in [9.17, 15) is 19.2 Å². The molecule has 3 aliphatic rings. The summed E-state index contributed by atoms with van der Waals surface area (Å²) in [5, 5.41) is 2.63. The summed E-state index contributed by atoms with van der Waals surface area (Å²) in [5.41, 5.74) is 0.564. The van der Waals surface area contributed by atoms with Gasteiger partial charge in [-0.1, -0.05) is 0 Å². The van der Waals surface area contributed by atoms with Crippen molar-refractivity contribution in [1.82, 2.24) is 4.90 Å². The number of esters is 1. The highest BCUT2D eigenvalue weighted by molar-refractivity contribution is 6.06. The van der Waals surface area contributed by atoms with Crippen LogP contribution in [0.4, 0.5) is 5.69 Å². The highest BCUT2D eigenvalue weighted by Gasteiger charge is 2.60. The Kier molecular flexibility index (Phi) is 5.74. The number of nitrogens with zero attached hydrogens (tertiary/aromatic N) is 1. The third kappa shape index (κ3) is 3.91. The van der Waals surface area contributed by atoms with E-state index >= 15 is 0 Å². The molecule has 1 aromatic carbocycles. The second kappa shape index (κ2) is 8.45. The van der Waals surface area contributed by atoms with E-state index in [4.69, 9.17) is 9.47 Å². The highest BCUT2D eigenvalue weighted by atomic mass is 16.5. The summed E-state index contributed by atoms with van der Waals surface area (Å²) in [6, 6.07) is 6.85. The molecule has 0 unspecified atom stereocenters. The maximum atomic E-state index is 12.6. The van der Waals surface area contributed by atoms with Crippen LogP contribution in [-0.4, -0.2) is 48.3 Å². The number of benzene rings is 1. The lowest BCUT2D eigenvalue weighted by atomic mass is 9.81. The molecule has 2 bridgehead atoms. The number of hydrogen-bond acceptors (Lipinski definition) is 6. The van der Waals surface area contributed by atoms with Gasteiger partial charge in [-0.25, -0.2) is 0 Å². The first kappa shape index (κ1) is 20.4. The smallest absolute Gasteiger partial charge is 0.308 e. The fourth-order valence-electron chi connectivity index (χ4n) is 5.11. The molecule has 4 atom stereocenters. The number of imide groups is 1. The molecule has 30 heavy (non-hydrogen) atoms. The van der Waals surface area contributed by atoms with Crippen LogP contribution < -0.4 is 10.1 Å². The Morgan fingerprint density at radius 3 is 2.30 bits per heavy atom. The van der Waals surface area contributed by atoms with Crippen LogP contribution in [-0.2, 0) is 23.9 Å². The predicted molar refractivity (Wildman–Crippen MR) is 106 cm³/mol. The van der Waals surface area contributed by atoms with E-state index in [1.165, 1.54) is 4.90 Å². The van der Waals surface area contributed by atoms with Crippen molar-refractivity contribution in [1.29, 1.82) is 0 Å². The zero-order valence-corrected chi connectivity index (χ0v) is 17.0. The van der Waals surface area contributed by atoms with E-state index in [1.54, 1.807) is 24.3 Å². The first-order valence-electron chi connectivity index (χ1n) is 10.5. The van der Waals surface area contributed by atoms with Gasteiger partial charge >= 0.3 is 5.97 Å². The fourth-order valence-corrected chi connectivity index (χ4v) is 5.11. The summed E-state index contributed by atoms with van der Waals surface area (Å²) in [7, 11) is 0. The van der Waals surface area contributed by atoms with Gasteiger partial charge in [0.1, 0.15) is 5.75 Å². The molecule has 2 saturated carbocycles. The molecule has 0 aromatic heterocycles. The summed E-state index contributed by atoms with van der Waals surface area (Å²) >= 11 is 0. The zero-order chi connectivity index (χ0) is 21.3. The van der Waals surface area contributed by atoms with Crippen LogP contribution in [0.5, 0.6) is 5.75 Å². The summed E-state index contributed by atoms with van der Waals surface area (Å²) in [6.07, 6.45) is 2.91. The quantitative estimate of drug-likeness (QED) is 0.516. The van der Waals surface area contributed by atoms with Crippen LogP contribution in [0.3, 0.4) is 0 Å². The molecule has 1 heterocycles. The number of hydrogen-bond donors (Lipinski definition) is 1. The van der Waals surface area contributed by atoms with Crippen molar-refractivity contribution in [3.8, 4) is 5.75 Å². The number of amides is 3. The maximum absolute atomic E-state index is 12.6. The largest absolute Gasteiger partial charge is 0.494 e. The monoisotopic (exact) mass is 414 g/mol. The van der Waals surface area contributed by atoms with Crippen LogP contribution in [0.25, 0.3) is 0 Å². The van der Waals surface area contributed by atoms with Crippen molar-refractivity contribution in [2.24, 2.45) is 23.7 Å². The molecule has 3 fully saturated rings. The van der Waals surface area contributed by atoms with Crippen molar-refractivity contribution < 1.29 is 28.7 Å². The molecule has 1 saturated heterocycles. The minimum atomic E-state index is -0.613. The average Bonchev–Trinajstić information content (AvgIpc) is 3.41. The molecule has 160 valence electrons. The summed E-state index contributed by atoms with van der Waals surface area (Å²) in [6.45, 7) is 2.03. The molecule has 8 heteroatoms. The third-order valence-corrected chi connectivity index (χ3v) is 6.37. The molecular weight excluding hydrogens is 388 g/mol. The molecule has 3 amide bonds. The number of ether oxygens (including phenoxy) is 2. The van der Waals surface area contributed by atoms with Crippen LogP contribution in [0.2, 0.25) is 0 Å². The van der Waals surface area contributed by atoms with E-state index in [0.717, 1.165) is 19.3 Å². The zero-order valence-electron chi connectivity index (χ0n) is 17.0. The van der Waals surface area contributed by atoms with Crippen LogP contribution in [0.15, 0.2) is 24.3 Å². The Hall–Kier alpha value is -2.90. The van der Waals surface area contributed by atoms with Crippen LogP contribution >= 0.6 is 0 Å². The normalized spacial score (nSPS) is 26.6. The van der Waals surface area contributed by atoms with Gasteiger partial charge in [-0.05, 0) is 62.3 Å². The van der Waals surface area contributed by atoms with Gasteiger partial charge in [0.2, 0.25) is 11.8 Å². The minimum Gasteiger partial charge on any atom is -0.494 e. The molecule has 1 aliphatic heterocycles. The molecular formula is C22H26N2O6.